The highest BCUT2D eigenvalue weighted by atomic mass is 79.9. The number of sulfonamides is 1. The van der Waals surface area contributed by atoms with E-state index in [2.05, 4.69) is 21.2 Å². The number of carbonyl (C=O) groups is 2. The Bertz CT molecular complexity index is 1690. The van der Waals surface area contributed by atoms with Gasteiger partial charge in [-0.1, -0.05) is 95.7 Å². The Balaban J connectivity index is 1.65. The van der Waals surface area contributed by atoms with Crippen molar-refractivity contribution in [2.45, 2.75) is 51.9 Å². The Morgan fingerprint density at radius 3 is 2.04 bits per heavy atom. The zero-order valence-electron chi connectivity index (χ0n) is 26.3. The molecule has 8 nitrogen and oxygen atoms in total. The number of anilines is 1. The number of hydrogen-bond donors (Lipinski definition) is 1. The largest absolute Gasteiger partial charge is 0.489 e. The van der Waals surface area contributed by atoms with Gasteiger partial charge in [0.1, 0.15) is 24.9 Å². The van der Waals surface area contributed by atoms with Crippen LogP contribution in [0.25, 0.3) is 0 Å². The molecule has 4 rings (SSSR count). The predicted octanol–water partition coefficient (Wildman–Crippen LogP) is 6.35. The highest BCUT2D eigenvalue weighted by molar-refractivity contribution is 9.10. The maximum Gasteiger partial charge on any atom is 0.244 e. The van der Waals surface area contributed by atoms with E-state index in [0.717, 1.165) is 38.1 Å². The lowest BCUT2D eigenvalue weighted by Crippen LogP contribution is -2.54. The lowest BCUT2D eigenvalue weighted by molar-refractivity contribution is -0.140. The first-order valence-electron chi connectivity index (χ1n) is 15.2. The average Bonchev–Trinajstić information content (AvgIpc) is 3.05. The van der Waals surface area contributed by atoms with Gasteiger partial charge in [0, 0.05) is 23.5 Å². The van der Waals surface area contributed by atoms with Crippen LogP contribution in [0.2, 0.25) is 0 Å². The molecular formula is C36H40BrN3O5S. The number of halogens is 1. The lowest BCUT2D eigenvalue weighted by atomic mass is 10.0. The summed E-state index contributed by atoms with van der Waals surface area (Å²) >= 11 is 3.50. The predicted molar refractivity (Wildman–Crippen MR) is 186 cm³/mol. The fourth-order valence-electron chi connectivity index (χ4n) is 4.89. The molecule has 0 heterocycles. The summed E-state index contributed by atoms with van der Waals surface area (Å²) in [7, 11) is -3.89. The third-order valence-electron chi connectivity index (χ3n) is 7.57. The Labute approximate surface area is 280 Å². The highest BCUT2D eigenvalue weighted by Gasteiger charge is 2.33. The second-order valence-electron chi connectivity index (χ2n) is 11.2. The van der Waals surface area contributed by atoms with Gasteiger partial charge in [-0.2, -0.15) is 0 Å². The van der Waals surface area contributed by atoms with Gasteiger partial charge in [0.2, 0.25) is 21.8 Å². The normalized spacial score (nSPS) is 12.5. The van der Waals surface area contributed by atoms with Crippen molar-refractivity contribution in [1.82, 2.24) is 10.2 Å². The van der Waals surface area contributed by atoms with Crippen LogP contribution in [0.4, 0.5) is 5.69 Å². The van der Waals surface area contributed by atoms with E-state index in [-0.39, 0.29) is 24.9 Å². The molecule has 46 heavy (non-hydrogen) atoms. The summed E-state index contributed by atoms with van der Waals surface area (Å²) in [4.78, 5) is 29.6. The van der Waals surface area contributed by atoms with E-state index in [1.807, 2.05) is 98.8 Å². The molecule has 0 aliphatic carbocycles. The van der Waals surface area contributed by atoms with Gasteiger partial charge in [0.25, 0.3) is 0 Å². The Morgan fingerprint density at radius 1 is 0.848 bits per heavy atom. The van der Waals surface area contributed by atoms with E-state index < -0.39 is 28.5 Å². The third-order valence-corrected chi connectivity index (χ3v) is 9.20. The minimum absolute atomic E-state index is 0.105. The van der Waals surface area contributed by atoms with Gasteiger partial charge in [-0.05, 0) is 66.4 Å². The molecule has 2 amide bonds. The molecule has 242 valence electrons. The average molecular weight is 707 g/mol. The smallest absolute Gasteiger partial charge is 0.244 e. The van der Waals surface area contributed by atoms with Crippen LogP contribution in [0, 0.1) is 0 Å². The van der Waals surface area contributed by atoms with Crippen LogP contribution in [0.15, 0.2) is 114 Å². The van der Waals surface area contributed by atoms with Gasteiger partial charge in [-0.25, -0.2) is 8.42 Å². The van der Waals surface area contributed by atoms with Crippen LogP contribution in [-0.4, -0.2) is 50.0 Å². The molecule has 0 aliphatic heterocycles. The van der Waals surface area contributed by atoms with Gasteiger partial charge < -0.3 is 15.0 Å². The van der Waals surface area contributed by atoms with Crippen LogP contribution in [0.5, 0.6) is 5.75 Å². The van der Waals surface area contributed by atoms with E-state index in [1.165, 1.54) is 4.90 Å². The summed E-state index contributed by atoms with van der Waals surface area (Å²) in [5.74, 6) is -0.240. The molecule has 0 bridgehead atoms. The number of ether oxygens (including phenoxy) is 1. The Kier molecular flexibility index (Phi) is 12.4. The van der Waals surface area contributed by atoms with E-state index in [1.54, 1.807) is 24.3 Å². The number of nitrogens with one attached hydrogen (secondary N) is 1. The standard InChI is InChI=1S/C36H40BrN3O5S/c1-4-27(2)38-36(42)34(23-28-12-7-5-8-13-28)39(24-30-16-11-17-31(37)22-30)35(41)25-40(46(3,43)44)32-18-20-33(21-19-32)45-26-29-14-9-6-10-15-29/h5-22,27,34H,4,23-26H2,1-3H3,(H,38,42)/t27-,34-/m1/s1. The number of rotatable bonds is 15. The van der Waals surface area contributed by atoms with Crippen molar-refractivity contribution in [3.8, 4) is 5.75 Å². The number of nitrogens with zero attached hydrogens (tertiary/aromatic N) is 2. The molecular weight excluding hydrogens is 666 g/mol. The van der Waals surface area contributed by atoms with Crippen LogP contribution >= 0.6 is 15.9 Å². The molecule has 0 unspecified atom stereocenters. The van der Waals surface area contributed by atoms with Crippen molar-refractivity contribution in [2.75, 3.05) is 17.1 Å². The summed E-state index contributed by atoms with van der Waals surface area (Å²) in [5.41, 5.74) is 2.99. The quantitative estimate of drug-likeness (QED) is 0.156. The van der Waals surface area contributed by atoms with Crippen molar-refractivity contribution >= 4 is 43.5 Å². The maximum absolute atomic E-state index is 14.3. The van der Waals surface area contributed by atoms with E-state index in [4.69, 9.17) is 4.74 Å². The summed E-state index contributed by atoms with van der Waals surface area (Å²) in [6.45, 7) is 3.87. The Morgan fingerprint density at radius 2 is 1.46 bits per heavy atom. The topological polar surface area (TPSA) is 96.0 Å². The number of hydrogen-bond acceptors (Lipinski definition) is 5. The second-order valence-corrected chi connectivity index (χ2v) is 14.0. The molecule has 2 atom stereocenters. The van der Waals surface area contributed by atoms with Crippen LogP contribution in [0.1, 0.15) is 37.0 Å². The first kappa shape index (κ1) is 34.7. The Hall–Kier alpha value is -4.15. The van der Waals surface area contributed by atoms with Crippen molar-refractivity contribution < 1.29 is 22.7 Å². The van der Waals surface area contributed by atoms with Crippen molar-refractivity contribution in [1.29, 1.82) is 0 Å². The number of carbonyl (C=O) groups excluding carboxylic acids is 2. The van der Waals surface area contributed by atoms with E-state index >= 15 is 0 Å². The first-order valence-corrected chi connectivity index (χ1v) is 17.8. The SMILES string of the molecule is CC[C@@H](C)NC(=O)[C@@H](Cc1ccccc1)N(Cc1cccc(Br)c1)C(=O)CN(c1ccc(OCc2ccccc2)cc1)S(C)(=O)=O. The zero-order valence-corrected chi connectivity index (χ0v) is 28.7. The monoisotopic (exact) mass is 705 g/mol. The molecule has 0 aliphatic rings. The minimum atomic E-state index is -3.89. The van der Waals surface area contributed by atoms with Gasteiger partial charge in [-0.3, -0.25) is 13.9 Å². The molecule has 0 aromatic heterocycles. The van der Waals surface area contributed by atoms with Gasteiger partial charge in [0.15, 0.2) is 0 Å². The minimum Gasteiger partial charge on any atom is -0.489 e. The fraction of sp³-hybridized carbons (Fsp3) is 0.278. The first-order chi connectivity index (χ1) is 22.0. The summed E-state index contributed by atoms with van der Waals surface area (Å²) in [6.07, 6.45) is 2.04. The second kappa shape index (κ2) is 16.4. The van der Waals surface area contributed by atoms with Gasteiger partial charge in [-0.15, -0.1) is 0 Å². The molecule has 4 aromatic rings. The highest BCUT2D eigenvalue weighted by Crippen LogP contribution is 2.24. The summed E-state index contributed by atoms with van der Waals surface area (Å²) < 4.78 is 34.0. The lowest BCUT2D eigenvalue weighted by Gasteiger charge is -2.34. The molecule has 0 saturated carbocycles. The molecule has 0 saturated heterocycles. The molecule has 0 spiro atoms. The fourth-order valence-corrected chi connectivity index (χ4v) is 6.19. The van der Waals surface area contributed by atoms with Crippen LogP contribution in [-0.2, 0) is 39.2 Å². The summed E-state index contributed by atoms with van der Waals surface area (Å²) in [6, 6.07) is 32.3. The molecule has 0 fully saturated rings. The van der Waals surface area contributed by atoms with Gasteiger partial charge >= 0.3 is 0 Å². The van der Waals surface area contributed by atoms with Crippen molar-refractivity contribution in [3.63, 3.8) is 0 Å². The third kappa shape index (κ3) is 10.2. The molecule has 10 heteroatoms. The van der Waals surface area contributed by atoms with Crippen LogP contribution < -0.4 is 14.4 Å². The molecule has 0 radical (unpaired) electrons. The van der Waals surface area contributed by atoms with Gasteiger partial charge in [0.05, 0.1) is 11.9 Å². The van der Waals surface area contributed by atoms with Crippen molar-refractivity contribution in [2.24, 2.45) is 0 Å². The molecule has 1 N–H and O–H groups in total. The van der Waals surface area contributed by atoms with Crippen molar-refractivity contribution in [3.05, 3.63) is 130 Å². The number of amides is 2. The zero-order chi connectivity index (χ0) is 33.1. The summed E-state index contributed by atoms with van der Waals surface area (Å²) in [5, 5.41) is 3.04. The molecule has 4 aromatic carbocycles. The van der Waals surface area contributed by atoms with E-state index in [0.29, 0.717) is 18.0 Å². The maximum atomic E-state index is 14.3. The van der Waals surface area contributed by atoms with E-state index in [9.17, 15) is 18.0 Å². The number of benzene rings is 4. The van der Waals surface area contributed by atoms with Crippen LogP contribution in [0.3, 0.4) is 0 Å².